The minimum Gasteiger partial charge on any atom is -0.412 e. The molecule has 0 aliphatic carbocycles. The van der Waals surface area contributed by atoms with E-state index in [2.05, 4.69) is 19.9 Å². The van der Waals surface area contributed by atoms with Crippen LogP contribution in [-0.2, 0) is 4.79 Å². The van der Waals surface area contributed by atoms with Crippen molar-refractivity contribution in [1.82, 2.24) is 0 Å². The molecular weight excluding hydrogens is 140 g/mol. The number of carbonyl (C=O) groups is 1. The molecule has 0 spiro atoms. The molecule has 0 saturated heterocycles. The molecule has 0 aromatic rings. The third-order valence-corrected chi connectivity index (χ3v) is 0.850. The van der Waals surface area contributed by atoms with Crippen LogP contribution in [0.25, 0.3) is 0 Å². The molecule has 0 aliphatic rings. The zero-order valence-corrected chi connectivity index (χ0v) is 8.14. The molecule has 68 valence electrons. The summed E-state index contributed by atoms with van der Waals surface area (Å²) in [6, 6.07) is 0. The van der Waals surface area contributed by atoms with Crippen LogP contribution in [0.15, 0.2) is 11.6 Å². The maximum absolute atomic E-state index is 9.50. The van der Waals surface area contributed by atoms with E-state index in [4.69, 9.17) is 0 Å². The van der Waals surface area contributed by atoms with E-state index in [0.717, 1.165) is 6.29 Å². The molecule has 0 atom stereocenters. The van der Waals surface area contributed by atoms with E-state index < -0.39 is 0 Å². The van der Waals surface area contributed by atoms with Gasteiger partial charge in [0.1, 0.15) is 6.29 Å². The molecule has 0 rings (SSSR count). The van der Waals surface area contributed by atoms with Crippen molar-refractivity contribution in [2.75, 3.05) is 0 Å². The number of carbonyl (C=O) groups excluding carboxylic acids is 1. The Morgan fingerprint density at radius 1 is 1.27 bits per heavy atom. The van der Waals surface area contributed by atoms with E-state index >= 15 is 0 Å². The molecular formula is C9H20O2. The van der Waals surface area contributed by atoms with E-state index in [0.29, 0.717) is 0 Å². The molecule has 0 aromatic carbocycles. The standard InChI is InChI=1S/C5H10.C4H8O.H2O/c1-4-5(2)3;1-4(2)3-5;/h4H,1-3H3;3-4H,1-2H3;1H2. The van der Waals surface area contributed by atoms with E-state index in [-0.39, 0.29) is 11.4 Å². The highest BCUT2D eigenvalue weighted by atomic mass is 16.1. The van der Waals surface area contributed by atoms with E-state index in [1.54, 1.807) is 0 Å². The molecule has 0 unspecified atom stereocenters. The van der Waals surface area contributed by atoms with Crippen molar-refractivity contribution in [2.24, 2.45) is 5.92 Å². The molecule has 0 fully saturated rings. The molecule has 2 nitrogen and oxygen atoms in total. The Kier molecular flexibility index (Phi) is 18.4. The Bertz CT molecular complexity index is 100. The summed E-state index contributed by atoms with van der Waals surface area (Å²) >= 11 is 0. The average molecular weight is 160 g/mol. The van der Waals surface area contributed by atoms with Gasteiger partial charge in [-0.05, 0) is 20.8 Å². The van der Waals surface area contributed by atoms with Crippen LogP contribution in [0.3, 0.4) is 0 Å². The number of allylic oxidation sites excluding steroid dienone is 2. The highest BCUT2D eigenvalue weighted by Gasteiger charge is 1.79. The van der Waals surface area contributed by atoms with Crippen LogP contribution in [0.4, 0.5) is 0 Å². The first-order valence-corrected chi connectivity index (χ1v) is 3.59. The Balaban J connectivity index is -0.000000107. The van der Waals surface area contributed by atoms with Gasteiger partial charge in [-0.3, -0.25) is 0 Å². The third-order valence-electron chi connectivity index (χ3n) is 0.850. The molecule has 0 bridgehead atoms. The van der Waals surface area contributed by atoms with Gasteiger partial charge in [0.25, 0.3) is 0 Å². The summed E-state index contributed by atoms with van der Waals surface area (Å²) in [6.07, 6.45) is 3.00. The Morgan fingerprint density at radius 3 is 1.45 bits per heavy atom. The maximum atomic E-state index is 9.50. The highest BCUT2D eigenvalue weighted by molar-refractivity contribution is 5.51. The lowest BCUT2D eigenvalue weighted by Gasteiger charge is -1.78. The van der Waals surface area contributed by atoms with Gasteiger partial charge in [-0.1, -0.05) is 25.5 Å². The monoisotopic (exact) mass is 160 g/mol. The van der Waals surface area contributed by atoms with Crippen LogP contribution in [0.5, 0.6) is 0 Å². The van der Waals surface area contributed by atoms with Crippen molar-refractivity contribution in [2.45, 2.75) is 34.6 Å². The van der Waals surface area contributed by atoms with Gasteiger partial charge in [0.15, 0.2) is 0 Å². The summed E-state index contributed by atoms with van der Waals surface area (Å²) in [7, 11) is 0. The molecule has 0 radical (unpaired) electrons. The van der Waals surface area contributed by atoms with Gasteiger partial charge in [0.05, 0.1) is 0 Å². The van der Waals surface area contributed by atoms with Crippen LogP contribution in [-0.4, -0.2) is 11.8 Å². The summed E-state index contributed by atoms with van der Waals surface area (Å²) in [6.45, 7) is 9.91. The quantitative estimate of drug-likeness (QED) is 0.427. The van der Waals surface area contributed by atoms with Crippen LogP contribution in [0.2, 0.25) is 0 Å². The minimum atomic E-state index is 0. The van der Waals surface area contributed by atoms with Gasteiger partial charge >= 0.3 is 0 Å². The lowest BCUT2D eigenvalue weighted by Crippen LogP contribution is -1.82. The van der Waals surface area contributed by atoms with E-state index in [1.165, 1.54) is 5.57 Å². The van der Waals surface area contributed by atoms with Crippen molar-refractivity contribution in [3.63, 3.8) is 0 Å². The van der Waals surface area contributed by atoms with Crippen LogP contribution < -0.4 is 0 Å². The number of hydrogen-bond acceptors (Lipinski definition) is 1. The lowest BCUT2D eigenvalue weighted by atomic mass is 10.3. The zero-order valence-electron chi connectivity index (χ0n) is 8.14. The van der Waals surface area contributed by atoms with Gasteiger partial charge in [0.2, 0.25) is 0 Å². The summed E-state index contributed by atoms with van der Waals surface area (Å²) in [5.74, 6) is 0.204. The maximum Gasteiger partial charge on any atom is 0.122 e. The van der Waals surface area contributed by atoms with Crippen LogP contribution in [0.1, 0.15) is 34.6 Å². The first-order chi connectivity index (χ1) is 4.54. The fourth-order valence-corrected chi connectivity index (χ4v) is 0. The molecule has 0 saturated carbocycles. The van der Waals surface area contributed by atoms with Gasteiger partial charge in [-0.25, -0.2) is 0 Å². The number of aldehydes is 1. The highest BCUT2D eigenvalue weighted by Crippen LogP contribution is 1.82. The largest absolute Gasteiger partial charge is 0.412 e. The topological polar surface area (TPSA) is 48.6 Å². The molecule has 0 aromatic heterocycles. The molecule has 0 heterocycles. The van der Waals surface area contributed by atoms with Crippen molar-refractivity contribution in [1.29, 1.82) is 0 Å². The Hall–Kier alpha value is -0.630. The lowest BCUT2D eigenvalue weighted by molar-refractivity contribution is -0.110. The number of hydrogen-bond donors (Lipinski definition) is 0. The smallest absolute Gasteiger partial charge is 0.122 e. The fourth-order valence-electron chi connectivity index (χ4n) is 0. The summed E-state index contributed by atoms with van der Waals surface area (Å²) < 4.78 is 0. The average Bonchev–Trinajstić information content (AvgIpc) is 1.89. The second-order valence-electron chi connectivity index (χ2n) is 2.75. The molecule has 11 heavy (non-hydrogen) atoms. The Morgan fingerprint density at radius 2 is 1.45 bits per heavy atom. The van der Waals surface area contributed by atoms with Crippen molar-refractivity contribution in [3.05, 3.63) is 11.6 Å². The minimum absolute atomic E-state index is 0. The normalized spacial score (nSPS) is 7.09. The summed E-state index contributed by atoms with van der Waals surface area (Å²) in [5.41, 5.74) is 1.38. The van der Waals surface area contributed by atoms with Crippen molar-refractivity contribution in [3.8, 4) is 0 Å². The van der Waals surface area contributed by atoms with Gasteiger partial charge in [-0.15, -0.1) is 0 Å². The zero-order chi connectivity index (χ0) is 8.57. The van der Waals surface area contributed by atoms with Gasteiger partial charge < -0.3 is 10.3 Å². The molecule has 2 heteroatoms. The van der Waals surface area contributed by atoms with E-state index in [1.807, 2.05) is 20.8 Å². The molecule has 0 amide bonds. The first kappa shape index (κ1) is 16.8. The van der Waals surface area contributed by atoms with Crippen molar-refractivity contribution < 1.29 is 10.3 Å². The predicted molar refractivity (Wildman–Crippen MR) is 49.6 cm³/mol. The SMILES string of the molecule is CC(C)C=O.CC=C(C)C.O. The summed E-state index contributed by atoms with van der Waals surface area (Å²) in [5, 5.41) is 0. The summed E-state index contributed by atoms with van der Waals surface area (Å²) in [4.78, 5) is 9.50. The third kappa shape index (κ3) is 44.8. The predicted octanol–water partition coefficient (Wildman–Crippen LogP) is 1.99. The van der Waals surface area contributed by atoms with E-state index in [9.17, 15) is 4.79 Å². The molecule has 0 aliphatic heterocycles. The molecule has 2 N–H and O–H groups in total. The Labute approximate surface area is 69.6 Å². The second-order valence-corrected chi connectivity index (χ2v) is 2.75. The number of rotatable bonds is 1. The first-order valence-electron chi connectivity index (χ1n) is 3.59. The second kappa shape index (κ2) is 12.1. The van der Waals surface area contributed by atoms with Gasteiger partial charge in [0, 0.05) is 5.92 Å². The van der Waals surface area contributed by atoms with Crippen molar-refractivity contribution >= 4 is 6.29 Å². The van der Waals surface area contributed by atoms with Crippen LogP contribution in [0, 0.1) is 5.92 Å². The van der Waals surface area contributed by atoms with Crippen LogP contribution >= 0.6 is 0 Å². The fraction of sp³-hybridized carbons (Fsp3) is 0.667. The van der Waals surface area contributed by atoms with Gasteiger partial charge in [-0.2, -0.15) is 0 Å².